The van der Waals surface area contributed by atoms with Crippen molar-refractivity contribution in [3.05, 3.63) is 21.9 Å². The molecule has 1 atom stereocenters. The summed E-state index contributed by atoms with van der Waals surface area (Å²) in [5.74, 6) is 0. The molecular formula is C15H25NOS. The lowest BCUT2D eigenvalue weighted by Crippen LogP contribution is -2.50. The summed E-state index contributed by atoms with van der Waals surface area (Å²) in [4.78, 5) is 4.90. The van der Waals surface area contributed by atoms with Crippen LogP contribution in [-0.4, -0.2) is 28.6 Å². The quantitative estimate of drug-likeness (QED) is 0.878. The third-order valence-corrected chi connectivity index (χ3v) is 5.46. The molecule has 1 fully saturated rings. The summed E-state index contributed by atoms with van der Waals surface area (Å²) in [6.45, 7) is 8.57. The molecule has 0 spiro atoms. The molecule has 1 aromatic rings. The van der Waals surface area contributed by atoms with Crippen molar-refractivity contribution in [3.63, 3.8) is 0 Å². The number of hydrogen-bond donors (Lipinski definition) is 1. The molecule has 2 nitrogen and oxygen atoms in total. The van der Waals surface area contributed by atoms with Gasteiger partial charge in [-0.25, -0.2) is 0 Å². The molecule has 0 saturated heterocycles. The van der Waals surface area contributed by atoms with Crippen LogP contribution in [0.4, 0.5) is 0 Å². The van der Waals surface area contributed by atoms with E-state index in [1.165, 1.54) is 17.7 Å². The van der Waals surface area contributed by atoms with E-state index >= 15 is 0 Å². The summed E-state index contributed by atoms with van der Waals surface area (Å²) >= 11 is 1.74. The number of nitrogens with zero attached hydrogens (tertiary/aromatic N) is 1. The highest BCUT2D eigenvalue weighted by molar-refractivity contribution is 7.12. The van der Waals surface area contributed by atoms with Crippen LogP contribution in [0.25, 0.3) is 0 Å². The fourth-order valence-electron chi connectivity index (χ4n) is 3.47. The smallest absolute Gasteiger partial charge is 0.106 e. The van der Waals surface area contributed by atoms with Crippen LogP contribution < -0.4 is 0 Å². The molecule has 1 saturated carbocycles. The standard InChI is InChI=1S/C15H25NOS/c1-4-16(5-2)15(10-6-7-11-15)14(17)13-9-8-12(3)18-13/h8-9,14,17H,4-7,10-11H2,1-3H3. The first-order valence-corrected chi connectivity index (χ1v) is 7.95. The Morgan fingerprint density at radius 1 is 1.28 bits per heavy atom. The summed E-state index contributed by atoms with van der Waals surface area (Å²) < 4.78 is 0. The molecule has 1 N–H and O–H groups in total. The summed E-state index contributed by atoms with van der Waals surface area (Å²) in [7, 11) is 0. The molecule has 0 aromatic carbocycles. The fourth-order valence-corrected chi connectivity index (χ4v) is 4.44. The van der Waals surface area contributed by atoms with Gasteiger partial charge >= 0.3 is 0 Å². The van der Waals surface area contributed by atoms with Crippen molar-refractivity contribution in [3.8, 4) is 0 Å². The molecular weight excluding hydrogens is 242 g/mol. The van der Waals surface area contributed by atoms with E-state index in [4.69, 9.17) is 0 Å². The molecule has 1 heterocycles. The number of rotatable bonds is 5. The SMILES string of the molecule is CCN(CC)C1(C(O)c2ccc(C)s2)CCCC1. The minimum Gasteiger partial charge on any atom is -0.386 e. The zero-order valence-electron chi connectivity index (χ0n) is 11.8. The average Bonchev–Trinajstić information content (AvgIpc) is 3.00. The van der Waals surface area contributed by atoms with Gasteiger partial charge < -0.3 is 5.11 Å². The van der Waals surface area contributed by atoms with Crippen LogP contribution in [0.15, 0.2) is 12.1 Å². The summed E-state index contributed by atoms with van der Waals surface area (Å²) in [5, 5.41) is 10.9. The first-order valence-electron chi connectivity index (χ1n) is 7.13. The van der Waals surface area contributed by atoms with Crippen molar-refractivity contribution in [1.82, 2.24) is 4.90 Å². The number of hydrogen-bond acceptors (Lipinski definition) is 3. The Kier molecular flexibility index (Phi) is 4.46. The molecule has 0 amide bonds. The fraction of sp³-hybridized carbons (Fsp3) is 0.733. The van der Waals surface area contributed by atoms with E-state index in [9.17, 15) is 5.11 Å². The number of aliphatic hydroxyl groups is 1. The van der Waals surface area contributed by atoms with Gasteiger partial charge in [0.1, 0.15) is 6.10 Å². The van der Waals surface area contributed by atoms with Crippen molar-refractivity contribution in [1.29, 1.82) is 0 Å². The second kappa shape index (κ2) is 5.72. The van der Waals surface area contributed by atoms with E-state index in [-0.39, 0.29) is 11.6 Å². The largest absolute Gasteiger partial charge is 0.386 e. The topological polar surface area (TPSA) is 23.5 Å². The van der Waals surface area contributed by atoms with Gasteiger partial charge in [-0.05, 0) is 45.0 Å². The van der Waals surface area contributed by atoms with E-state index < -0.39 is 0 Å². The van der Waals surface area contributed by atoms with E-state index in [0.29, 0.717) is 0 Å². The molecule has 18 heavy (non-hydrogen) atoms. The Morgan fingerprint density at radius 2 is 1.89 bits per heavy atom. The van der Waals surface area contributed by atoms with Crippen LogP contribution in [0.3, 0.4) is 0 Å². The van der Waals surface area contributed by atoms with Crippen molar-refractivity contribution >= 4 is 11.3 Å². The van der Waals surface area contributed by atoms with Gasteiger partial charge in [-0.15, -0.1) is 11.3 Å². The monoisotopic (exact) mass is 267 g/mol. The van der Waals surface area contributed by atoms with Crippen LogP contribution >= 0.6 is 11.3 Å². The Morgan fingerprint density at radius 3 is 2.33 bits per heavy atom. The zero-order chi connectivity index (χ0) is 13.2. The maximum Gasteiger partial charge on any atom is 0.106 e. The average molecular weight is 267 g/mol. The lowest BCUT2D eigenvalue weighted by Gasteiger charge is -2.43. The van der Waals surface area contributed by atoms with Crippen LogP contribution in [0.2, 0.25) is 0 Å². The predicted octanol–water partition coefficient (Wildman–Crippen LogP) is 3.74. The molecule has 0 radical (unpaired) electrons. The Bertz CT molecular complexity index is 378. The molecule has 2 rings (SSSR count). The van der Waals surface area contributed by atoms with Crippen molar-refractivity contribution in [2.75, 3.05) is 13.1 Å². The van der Waals surface area contributed by atoms with Crippen LogP contribution in [0.1, 0.15) is 55.4 Å². The third kappa shape index (κ3) is 2.36. The lowest BCUT2D eigenvalue weighted by molar-refractivity contribution is -0.0249. The van der Waals surface area contributed by atoms with Gasteiger partial charge in [-0.2, -0.15) is 0 Å². The normalized spacial score (nSPS) is 20.5. The molecule has 1 aliphatic carbocycles. The molecule has 102 valence electrons. The second-order valence-corrected chi connectivity index (χ2v) is 6.65. The molecule has 0 aliphatic heterocycles. The maximum atomic E-state index is 10.9. The van der Waals surface area contributed by atoms with Gasteiger partial charge in [0, 0.05) is 9.75 Å². The van der Waals surface area contributed by atoms with Gasteiger partial charge in [-0.1, -0.05) is 26.7 Å². The number of thiophene rings is 1. The highest BCUT2D eigenvalue weighted by atomic mass is 32.1. The summed E-state index contributed by atoms with van der Waals surface area (Å²) in [6, 6.07) is 4.22. The Balaban J connectivity index is 2.29. The van der Waals surface area contributed by atoms with Gasteiger partial charge in [0.05, 0.1) is 5.54 Å². The van der Waals surface area contributed by atoms with Gasteiger partial charge in [0.15, 0.2) is 0 Å². The first kappa shape index (κ1) is 14.0. The van der Waals surface area contributed by atoms with Gasteiger partial charge in [0.2, 0.25) is 0 Å². The highest BCUT2D eigenvalue weighted by Crippen LogP contribution is 2.45. The Labute approximate surface area is 115 Å². The van der Waals surface area contributed by atoms with E-state index in [2.05, 4.69) is 37.8 Å². The molecule has 0 bridgehead atoms. The predicted molar refractivity (Wildman–Crippen MR) is 78.1 cm³/mol. The van der Waals surface area contributed by atoms with Crippen LogP contribution in [0, 0.1) is 6.92 Å². The number of aryl methyl sites for hydroxylation is 1. The highest BCUT2D eigenvalue weighted by Gasteiger charge is 2.45. The van der Waals surface area contributed by atoms with Crippen molar-refractivity contribution in [2.24, 2.45) is 0 Å². The van der Waals surface area contributed by atoms with Gasteiger partial charge in [-0.3, -0.25) is 4.90 Å². The number of likely N-dealkylation sites (N-methyl/N-ethyl adjacent to an activating group) is 1. The first-order chi connectivity index (χ1) is 8.64. The van der Waals surface area contributed by atoms with Crippen molar-refractivity contribution in [2.45, 2.75) is 58.1 Å². The molecule has 3 heteroatoms. The molecule has 1 aliphatic rings. The second-order valence-electron chi connectivity index (χ2n) is 5.33. The van der Waals surface area contributed by atoms with E-state index in [0.717, 1.165) is 30.8 Å². The lowest BCUT2D eigenvalue weighted by atomic mass is 9.87. The van der Waals surface area contributed by atoms with E-state index in [1.807, 2.05) is 0 Å². The summed E-state index contributed by atoms with van der Waals surface area (Å²) in [5.41, 5.74) is -0.0131. The summed E-state index contributed by atoms with van der Waals surface area (Å²) in [6.07, 6.45) is 4.44. The van der Waals surface area contributed by atoms with Crippen LogP contribution in [-0.2, 0) is 0 Å². The molecule has 1 unspecified atom stereocenters. The number of aliphatic hydroxyl groups excluding tert-OH is 1. The minimum atomic E-state index is -0.321. The maximum absolute atomic E-state index is 10.9. The third-order valence-electron chi connectivity index (χ3n) is 4.40. The molecule has 1 aromatic heterocycles. The minimum absolute atomic E-state index is 0.0131. The zero-order valence-corrected chi connectivity index (χ0v) is 12.6. The van der Waals surface area contributed by atoms with Gasteiger partial charge in [0.25, 0.3) is 0 Å². The van der Waals surface area contributed by atoms with Crippen molar-refractivity contribution < 1.29 is 5.11 Å². The van der Waals surface area contributed by atoms with E-state index in [1.54, 1.807) is 11.3 Å². The van der Waals surface area contributed by atoms with Crippen LogP contribution in [0.5, 0.6) is 0 Å². The Hall–Kier alpha value is -0.380.